The molecule has 2 heterocycles. The van der Waals surface area contributed by atoms with Crippen molar-refractivity contribution in [3.05, 3.63) is 84.4 Å². The number of benzene rings is 2. The van der Waals surface area contributed by atoms with Gasteiger partial charge in [0.15, 0.2) is 0 Å². The molecule has 29 heavy (non-hydrogen) atoms. The summed E-state index contributed by atoms with van der Waals surface area (Å²) in [5.41, 5.74) is 1.90. The average molecular weight is 389 g/mol. The van der Waals surface area contributed by atoms with Gasteiger partial charge < -0.3 is 10.2 Å². The van der Waals surface area contributed by atoms with Crippen LogP contribution in [0.15, 0.2) is 73.1 Å². The van der Waals surface area contributed by atoms with E-state index in [1.54, 1.807) is 12.4 Å². The third-order valence-electron chi connectivity index (χ3n) is 4.92. The van der Waals surface area contributed by atoms with Crippen LogP contribution in [0, 0.1) is 5.82 Å². The van der Waals surface area contributed by atoms with Crippen LogP contribution in [-0.4, -0.2) is 47.6 Å². The number of anilines is 3. The third-order valence-corrected chi connectivity index (χ3v) is 4.92. The van der Waals surface area contributed by atoms with Crippen molar-refractivity contribution in [2.24, 2.45) is 0 Å². The van der Waals surface area contributed by atoms with Crippen LogP contribution in [0.4, 0.5) is 21.7 Å². The minimum absolute atomic E-state index is 0.276. The highest BCUT2D eigenvalue weighted by Gasteiger charge is 2.17. The van der Waals surface area contributed by atoms with Crippen molar-refractivity contribution >= 4 is 23.4 Å². The topological polar surface area (TPSA) is 44.3 Å². The lowest BCUT2D eigenvalue weighted by Gasteiger charge is -2.34. The first-order valence-electron chi connectivity index (χ1n) is 9.80. The Morgan fingerprint density at radius 1 is 0.931 bits per heavy atom. The zero-order valence-corrected chi connectivity index (χ0v) is 16.2. The van der Waals surface area contributed by atoms with E-state index in [2.05, 4.69) is 61.5 Å². The van der Waals surface area contributed by atoms with E-state index in [0.29, 0.717) is 11.5 Å². The van der Waals surface area contributed by atoms with Crippen molar-refractivity contribution in [1.82, 2.24) is 14.9 Å². The fraction of sp³-hybridized carbons (Fsp3) is 0.217. The van der Waals surface area contributed by atoms with Gasteiger partial charge >= 0.3 is 0 Å². The minimum Gasteiger partial charge on any atom is -0.354 e. The summed E-state index contributed by atoms with van der Waals surface area (Å²) in [6.07, 6.45) is 5.93. The molecule has 0 amide bonds. The maximum atomic E-state index is 13.4. The predicted molar refractivity (Wildman–Crippen MR) is 116 cm³/mol. The third kappa shape index (κ3) is 5.39. The summed E-state index contributed by atoms with van der Waals surface area (Å²) in [6.45, 7) is 4.73. The van der Waals surface area contributed by atoms with Gasteiger partial charge in [0.1, 0.15) is 23.8 Å². The Labute approximate surface area is 170 Å². The van der Waals surface area contributed by atoms with Crippen molar-refractivity contribution in [1.29, 1.82) is 0 Å². The number of hydrogen-bond acceptors (Lipinski definition) is 5. The number of nitrogens with one attached hydrogen (secondary N) is 1. The van der Waals surface area contributed by atoms with E-state index in [9.17, 15) is 4.39 Å². The lowest BCUT2D eigenvalue weighted by atomic mass is 10.2. The molecule has 0 saturated carbocycles. The summed E-state index contributed by atoms with van der Waals surface area (Å²) in [6, 6.07) is 18.6. The largest absolute Gasteiger partial charge is 0.354 e. The van der Waals surface area contributed by atoms with Crippen LogP contribution >= 0.6 is 0 Å². The molecular formula is C23H24FN5. The number of nitrogens with zero attached hydrogens (tertiary/aromatic N) is 4. The van der Waals surface area contributed by atoms with Crippen molar-refractivity contribution < 1.29 is 4.39 Å². The Morgan fingerprint density at radius 3 is 2.55 bits per heavy atom. The van der Waals surface area contributed by atoms with Crippen LogP contribution in [0.3, 0.4) is 0 Å². The summed E-state index contributed by atoms with van der Waals surface area (Å²) in [4.78, 5) is 13.4. The highest BCUT2D eigenvalue weighted by molar-refractivity contribution is 5.59. The summed E-state index contributed by atoms with van der Waals surface area (Å²) in [7, 11) is 0. The molecule has 0 bridgehead atoms. The number of hydrogen-bond donors (Lipinski definition) is 1. The molecular weight excluding hydrogens is 365 g/mol. The van der Waals surface area contributed by atoms with Gasteiger partial charge in [-0.3, -0.25) is 4.90 Å². The maximum Gasteiger partial charge on any atom is 0.135 e. The second-order valence-corrected chi connectivity index (χ2v) is 7.00. The Bertz CT molecular complexity index is 952. The molecule has 148 valence electrons. The first-order chi connectivity index (χ1) is 14.3. The molecule has 2 aromatic carbocycles. The van der Waals surface area contributed by atoms with E-state index in [0.717, 1.165) is 38.5 Å². The van der Waals surface area contributed by atoms with Crippen LogP contribution in [0.25, 0.3) is 6.08 Å². The van der Waals surface area contributed by atoms with E-state index in [-0.39, 0.29) is 5.82 Å². The number of rotatable bonds is 6. The monoisotopic (exact) mass is 389 g/mol. The van der Waals surface area contributed by atoms with Crippen molar-refractivity contribution in [3.8, 4) is 0 Å². The lowest BCUT2D eigenvalue weighted by Crippen LogP contribution is -2.46. The predicted octanol–water partition coefficient (Wildman–Crippen LogP) is 4.19. The first kappa shape index (κ1) is 19.1. The molecule has 1 aliphatic rings. The van der Waals surface area contributed by atoms with Crippen LogP contribution in [0.1, 0.15) is 5.56 Å². The van der Waals surface area contributed by atoms with Crippen LogP contribution in [0.2, 0.25) is 0 Å². The van der Waals surface area contributed by atoms with Gasteiger partial charge in [-0.25, -0.2) is 14.4 Å². The molecule has 3 aromatic rings. The molecule has 5 nitrogen and oxygen atoms in total. The van der Waals surface area contributed by atoms with Gasteiger partial charge in [0, 0.05) is 44.5 Å². The molecule has 0 spiro atoms. The number of piperazine rings is 1. The number of halogens is 1. The van der Waals surface area contributed by atoms with Crippen LogP contribution in [0.5, 0.6) is 0 Å². The molecule has 0 radical (unpaired) electrons. The summed E-state index contributed by atoms with van der Waals surface area (Å²) in [5, 5.41) is 3.14. The standard InChI is InChI=1S/C23H24FN5/c24-20-9-4-10-21(16-20)27-22-17-23(26-18-25-22)29-14-12-28(13-15-29)11-5-8-19-6-2-1-3-7-19/h1-10,16-18H,11-15H2,(H,25,26,27)/b8-5+. The van der Waals surface area contributed by atoms with Crippen LogP contribution in [-0.2, 0) is 0 Å². The molecule has 0 atom stereocenters. The van der Waals surface area contributed by atoms with Crippen molar-refractivity contribution in [3.63, 3.8) is 0 Å². The first-order valence-corrected chi connectivity index (χ1v) is 9.80. The fourth-order valence-corrected chi connectivity index (χ4v) is 3.36. The normalized spacial score (nSPS) is 15.0. The van der Waals surface area contributed by atoms with Gasteiger partial charge in [0.2, 0.25) is 0 Å². The second kappa shape index (κ2) is 9.30. The fourth-order valence-electron chi connectivity index (χ4n) is 3.36. The average Bonchev–Trinajstić information content (AvgIpc) is 2.75. The molecule has 1 aromatic heterocycles. The molecule has 0 aliphatic carbocycles. The van der Waals surface area contributed by atoms with E-state index in [1.807, 2.05) is 18.2 Å². The van der Waals surface area contributed by atoms with E-state index in [4.69, 9.17) is 0 Å². The Morgan fingerprint density at radius 2 is 1.76 bits per heavy atom. The van der Waals surface area contributed by atoms with Crippen molar-refractivity contribution in [2.45, 2.75) is 0 Å². The Balaban J connectivity index is 1.31. The van der Waals surface area contributed by atoms with Crippen LogP contribution < -0.4 is 10.2 Å². The lowest BCUT2D eigenvalue weighted by molar-refractivity contribution is 0.283. The van der Waals surface area contributed by atoms with Gasteiger partial charge in [-0.2, -0.15) is 0 Å². The zero-order valence-electron chi connectivity index (χ0n) is 16.2. The highest BCUT2D eigenvalue weighted by Crippen LogP contribution is 2.20. The van der Waals surface area contributed by atoms with E-state index < -0.39 is 0 Å². The molecule has 4 rings (SSSR count). The second-order valence-electron chi connectivity index (χ2n) is 7.00. The minimum atomic E-state index is -0.276. The molecule has 6 heteroatoms. The quantitative estimate of drug-likeness (QED) is 0.685. The smallest absolute Gasteiger partial charge is 0.135 e. The van der Waals surface area contributed by atoms with E-state index in [1.165, 1.54) is 17.7 Å². The van der Waals surface area contributed by atoms with Gasteiger partial charge in [-0.1, -0.05) is 48.6 Å². The SMILES string of the molecule is Fc1cccc(Nc2cc(N3CCN(C/C=C/c4ccccc4)CC3)ncn2)c1. The summed E-state index contributed by atoms with van der Waals surface area (Å²) < 4.78 is 13.4. The maximum absolute atomic E-state index is 13.4. The summed E-state index contributed by atoms with van der Waals surface area (Å²) in [5.74, 6) is 1.27. The van der Waals surface area contributed by atoms with E-state index >= 15 is 0 Å². The van der Waals surface area contributed by atoms with Gasteiger partial charge in [-0.05, 0) is 23.8 Å². The van der Waals surface area contributed by atoms with Gasteiger partial charge in [0.25, 0.3) is 0 Å². The number of aromatic nitrogens is 2. The highest BCUT2D eigenvalue weighted by atomic mass is 19.1. The van der Waals surface area contributed by atoms with Gasteiger partial charge in [0.05, 0.1) is 0 Å². The molecule has 1 N–H and O–H groups in total. The molecule has 0 unspecified atom stereocenters. The Hall–Kier alpha value is -3.25. The molecule has 1 aliphatic heterocycles. The molecule has 1 fully saturated rings. The Kier molecular flexibility index (Phi) is 6.12. The zero-order chi connectivity index (χ0) is 19.9. The van der Waals surface area contributed by atoms with Crippen molar-refractivity contribution in [2.75, 3.05) is 42.9 Å². The summed E-state index contributed by atoms with van der Waals surface area (Å²) >= 11 is 0. The van der Waals surface area contributed by atoms with Gasteiger partial charge in [-0.15, -0.1) is 0 Å². The molecule has 1 saturated heterocycles.